The maximum atomic E-state index is 5.17. The van der Waals surface area contributed by atoms with E-state index in [1.165, 1.54) is 24.9 Å². The summed E-state index contributed by atoms with van der Waals surface area (Å²) in [4.78, 5) is 4.19. The number of nitrogens with zero attached hydrogens (tertiary/aromatic N) is 1. The average Bonchev–Trinajstić information content (AvgIpc) is 2.98. The lowest BCUT2D eigenvalue weighted by Gasteiger charge is -2.39. The predicted molar refractivity (Wildman–Crippen MR) is 53.2 cm³/mol. The number of ether oxygens (including phenoxy) is 1. The van der Waals surface area contributed by atoms with Crippen LogP contribution in [0, 0.1) is 5.41 Å². The molecule has 2 fully saturated rings. The quantitative estimate of drug-likeness (QED) is 0.767. The molecule has 1 saturated carbocycles. The summed E-state index contributed by atoms with van der Waals surface area (Å²) < 4.78 is 5.17. The van der Waals surface area contributed by atoms with Crippen molar-refractivity contribution in [1.82, 2.24) is 10.3 Å². The number of rotatable bonds is 2. The van der Waals surface area contributed by atoms with Gasteiger partial charge in [0.05, 0.1) is 13.3 Å². The van der Waals surface area contributed by atoms with Gasteiger partial charge in [0.2, 0.25) is 0 Å². The second-order valence-corrected chi connectivity index (χ2v) is 4.33. The standard InChI is InChI=1S/C11H14N2O/c1-14-9-4-8(5-12-6-9)10-11(2-3-11)7-13-10/h4-6,10,13H,2-3,7H2,1H3. The van der Waals surface area contributed by atoms with Crippen molar-refractivity contribution in [2.24, 2.45) is 5.41 Å². The van der Waals surface area contributed by atoms with Gasteiger partial charge in [-0.05, 0) is 24.5 Å². The molecule has 0 amide bonds. The molecule has 0 bridgehead atoms. The second kappa shape index (κ2) is 2.70. The number of hydrogen-bond donors (Lipinski definition) is 1. The number of hydrogen-bond acceptors (Lipinski definition) is 3. The van der Waals surface area contributed by atoms with E-state index >= 15 is 0 Å². The van der Waals surface area contributed by atoms with Crippen molar-refractivity contribution in [2.75, 3.05) is 13.7 Å². The zero-order valence-electron chi connectivity index (χ0n) is 8.29. The summed E-state index contributed by atoms with van der Waals surface area (Å²) in [6.07, 6.45) is 6.42. The lowest BCUT2D eigenvalue weighted by molar-refractivity contribution is 0.208. The van der Waals surface area contributed by atoms with Crippen LogP contribution in [0.25, 0.3) is 0 Å². The SMILES string of the molecule is COc1cncc(C2NCC23CC3)c1. The summed E-state index contributed by atoms with van der Waals surface area (Å²) >= 11 is 0. The molecule has 1 atom stereocenters. The van der Waals surface area contributed by atoms with E-state index in [9.17, 15) is 0 Å². The van der Waals surface area contributed by atoms with Gasteiger partial charge in [-0.15, -0.1) is 0 Å². The summed E-state index contributed by atoms with van der Waals surface area (Å²) in [6, 6.07) is 2.61. The van der Waals surface area contributed by atoms with Crippen molar-refractivity contribution in [2.45, 2.75) is 18.9 Å². The van der Waals surface area contributed by atoms with E-state index in [2.05, 4.69) is 16.4 Å². The van der Waals surface area contributed by atoms with Crippen LogP contribution in [0.15, 0.2) is 18.5 Å². The maximum absolute atomic E-state index is 5.17. The smallest absolute Gasteiger partial charge is 0.137 e. The van der Waals surface area contributed by atoms with Crippen LogP contribution in [0.2, 0.25) is 0 Å². The molecule has 0 aromatic carbocycles. The van der Waals surface area contributed by atoms with Crippen molar-refractivity contribution in [3.8, 4) is 5.75 Å². The summed E-state index contributed by atoms with van der Waals surface area (Å²) in [5.41, 5.74) is 1.85. The summed E-state index contributed by atoms with van der Waals surface area (Å²) in [5.74, 6) is 0.854. The molecular formula is C11H14N2O. The van der Waals surface area contributed by atoms with Gasteiger partial charge in [0.25, 0.3) is 0 Å². The molecule has 1 aliphatic carbocycles. The molecule has 2 aliphatic rings. The Morgan fingerprint density at radius 3 is 2.93 bits per heavy atom. The Bertz CT molecular complexity index is 360. The number of nitrogens with one attached hydrogen (secondary N) is 1. The molecule has 2 heterocycles. The van der Waals surface area contributed by atoms with Crippen LogP contribution in [-0.4, -0.2) is 18.6 Å². The maximum Gasteiger partial charge on any atom is 0.137 e. The summed E-state index contributed by atoms with van der Waals surface area (Å²) in [6.45, 7) is 1.18. The Morgan fingerprint density at radius 1 is 1.50 bits per heavy atom. The van der Waals surface area contributed by atoms with E-state index in [4.69, 9.17) is 4.74 Å². The van der Waals surface area contributed by atoms with Gasteiger partial charge in [-0.25, -0.2) is 0 Å². The molecule has 1 spiro atoms. The highest BCUT2D eigenvalue weighted by Crippen LogP contribution is 2.59. The van der Waals surface area contributed by atoms with Crippen molar-refractivity contribution < 1.29 is 4.74 Å². The molecule has 1 N–H and O–H groups in total. The second-order valence-electron chi connectivity index (χ2n) is 4.33. The van der Waals surface area contributed by atoms with Gasteiger partial charge in [-0.1, -0.05) is 0 Å². The molecule has 1 aliphatic heterocycles. The minimum Gasteiger partial charge on any atom is -0.495 e. The summed E-state index contributed by atoms with van der Waals surface area (Å²) in [5, 5.41) is 3.47. The van der Waals surface area contributed by atoms with Gasteiger partial charge in [-0.3, -0.25) is 4.98 Å². The fraction of sp³-hybridized carbons (Fsp3) is 0.545. The Kier molecular flexibility index (Phi) is 1.59. The van der Waals surface area contributed by atoms with Gasteiger partial charge in [-0.2, -0.15) is 0 Å². The Labute approximate surface area is 83.5 Å². The molecule has 74 valence electrons. The normalized spacial score (nSPS) is 27.1. The van der Waals surface area contributed by atoms with Crippen molar-refractivity contribution in [3.05, 3.63) is 24.0 Å². The lowest BCUT2D eigenvalue weighted by atomic mass is 9.83. The van der Waals surface area contributed by atoms with Crippen LogP contribution in [0.1, 0.15) is 24.4 Å². The zero-order chi connectivity index (χ0) is 9.60. The van der Waals surface area contributed by atoms with E-state index in [0.717, 1.165) is 5.75 Å². The summed E-state index contributed by atoms with van der Waals surface area (Å²) in [7, 11) is 1.68. The highest BCUT2D eigenvalue weighted by Gasteiger charge is 2.56. The fourth-order valence-corrected chi connectivity index (χ4v) is 2.30. The number of methoxy groups -OCH3 is 1. The van der Waals surface area contributed by atoms with Crippen LogP contribution in [0.3, 0.4) is 0 Å². The van der Waals surface area contributed by atoms with E-state index in [1.54, 1.807) is 13.3 Å². The minimum absolute atomic E-state index is 0.519. The fourth-order valence-electron chi connectivity index (χ4n) is 2.30. The number of aromatic nitrogens is 1. The third-order valence-electron chi connectivity index (χ3n) is 3.47. The monoisotopic (exact) mass is 190 g/mol. The molecule has 3 heteroatoms. The molecule has 3 rings (SSSR count). The minimum atomic E-state index is 0.519. The first kappa shape index (κ1) is 8.24. The molecule has 1 aromatic rings. The zero-order valence-corrected chi connectivity index (χ0v) is 8.29. The van der Waals surface area contributed by atoms with Crippen LogP contribution >= 0.6 is 0 Å². The predicted octanol–water partition coefficient (Wildman–Crippen LogP) is 1.51. The molecule has 1 unspecified atom stereocenters. The third kappa shape index (κ3) is 1.05. The molecule has 0 radical (unpaired) electrons. The van der Waals surface area contributed by atoms with Crippen LogP contribution in [0.4, 0.5) is 0 Å². The molecule has 1 saturated heterocycles. The molecular weight excluding hydrogens is 176 g/mol. The van der Waals surface area contributed by atoms with Crippen molar-refractivity contribution in [3.63, 3.8) is 0 Å². The Balaban J connectivity index is 1.88. The molecule has 14 heavy (non-hydrogen) atoms. The Hall–Kier alpha value is -1.09. The van der Waals surface area contributed by atoms with Gasteiger partial charge in [0.15, 0.2) is 0 Å². The van der Waals surface area contributed by atoms with Gasteiger partial charge < -0.3 is 10.1 Å². The van der Waals surface area contributed by atoms with Gasteiger partial charge >= 0.3 is 0 Å². The number of pyridine rings is 1. The first-order valence-corrected chi connectivity index (χ1v) is 5.06. The van der Waals surface area contributed by atoms with Crippen LogP contribution in [0.5, 0.6) is 5.75 Å². The van der Waals surface area contributed by atoms with Crippen molar-refractivity contribution in [1.29, 1.82) is 0 Å². The average molecular weight is 190 g/mol. The highest BCUT2D eigenvalue weighted by atomic mass is 16.5. The largest absolute Gasteiger partial charge is 0.495 e. The van der Waals surface area contributed by atoms with Crippen molar-refractivity contribution >= 4 is 0 Å². The van der Waals surface area contributed by atoms with E-state index in [-0.39, 0.29) is 0 Å². The first-order valence-electron chi connectivity index (χ1n) is 5.06. The third-order valence-corrected chi connectivity index (χ3v) is 3.47. The van der Waals surface area contributed by atoms with E-state index < -0.39 is 0 Å². The topological polar surface area (TPSA) is 34.1 Å². The lowest BCUT2D eigenvalue weighted by Crippen LogP contribution is -2.47. The van der Waals surface area contributed by atoms with Crippen LogP contribution in [-0.2, 0) is 0 Å². The Morgan fingerprint density at radius 2 is 2.36 bits per heavy atom. The highest BCUT2D eigenvalue weighted by molar-refractivity contribution is 5.31. The van der Waals surface area contributed by atoms with E-state index in [1.807, 2.05) is 6.20 Å². The first-order chi connectivity index (χ1) is 6.84. The van der Waals surface area contributed by atoms with Crippen LogP contribution < -0.4 is 10.1 Å². The van der Waals surface area contributed by atoms with Gasteiger partial charge in [0, 0.05) is 24.2 Å². The molecule has 1 aromatic heterocycles. The van der Waals surface area contributed by atoms with Gasteiger partial charge in [0.1, 0.15) is 5.75 Å². The van der Waals surface area contributed by atoms with E-state index in [0.29, 0.717) is 11.5 Å². The molecule has 3 nitrogen and oxygen atoms in total.